The standard InChI is InChI=1S/C18H17N3O5/c1-24-14-4-2-3-13(8-14)18(23)19-10-17(22)21-20-9-12-5-6-15-16(7-12)26-11-25-15/h2-9H,10-11H2,1H3,(H,19,23)(H,21,22)/b20-9+. The smallest absolute Gasteiger partial charge is 0.259 e. The Labute approximate surface area is 149 Å². The highest BCUT2D eigenvalue weighted by atomic mass is 16.7. The number of hydrogen-bond acceptors (Lipinski definition) is 6. The van der Waals surface area contributed by atoms with Gasteiger partial charge in [0.15, 0.2) is 11.5 Å². The average Bonchev–Trinajstić information content (AvgIpc) is 3.14. The average molecular weight is 355 g/mol. The van der Waals surface area contributed by atoms with Crippen molar-refractivity contribution in [3.05, 3.63) is 53.6 Å². The third-order valence-electron chi connectivity index (χ3n) is 3.54. The van der Waals surface area contributed by atoms with Crippen LogP contribution in [-0.2, 0) is 4.79 Å². The molecule has 1 aliphatic rings. The molecular formula is C18H17N3O5. The van der Waals surface area contributed by atoms with Gasteiger partial charge in [-0.15, -0.1) is 0 Å². The number of amides is 2. The number of ether oxygens (including phenoxy) is 3. The zero-order valence-electron chi connectivity index (χ0n) is 14.0. The van der Waals surface area contributed by atoms with Crippen LogP contribution in [0, 0.1) is 0 Å². The molecule has 0 radical (unpaired) electrons. The van der Waals surface area contributed by atoms with Crippen LogP contribution in [0.25, 0.3) is 0 Å². The van der Waals surface area contributed by atoms with Gasteiger partial charge >= 0.3 is 0 Å². The quantitative estimate of drug-likeness (QED) is 0.601. The molecule has 0 fully saturated rings. The first kappa shape index (κ1) is 17.3. The van der Waals surface area contributed by atoms with Crippen molar-refractivity contribution >= 4 is 18.0 Å². The van der Waals surface area contributed by atoms with E-state index in [1.807, 2.05) is 0 Å². The minimum absolute atomic E-state index is 0.194. The van der Waals surface area contributed by atoms with Gasteiger partial charge in [0.05, 0.1) is 19.9 Å². The third kappa shape index (κ3) is 4.29. The van der Waals surface area contributed by atoms with Gasteiger partial charge in [-0.2, -0.15) is 5.10 Å². The van der Waals surface area contributed by atoms with Crippen LogP contribution in [0.1, 0.15) is 15.9 Å². The SMILES string of the molecule is COc1cccc(C(=O)NCC(=O)N/N=C/c2ccc3c(c2)OCO3)c1. The maximum absolute atomic E-state index is 12.0. The number of benzene rings is 2. The predicted octanol–water partition coefficient (Wildman–Crippen LogP) is 1.30. The summed E-state index contributed by atoms with van der Waals surface area (Å²) in [6.07, 6.45) is 1.48. The third-order valence-corrected chi connectivity index (χ3v) is 3.54. The first-order valence-electron chi connectivity index (χ1n) is 7.79. The van der Waals surface area contributed by atoms with E-state index in [0.29, 0.717) is 22.8 Å². The molecule has 1 aliphatic heterocycles. The number of rotatable bonds is 6. The second-order valence-corrected chi connectivity index (χ2v) is 5.32. The summed E-state index contributed by atoms with van der Waals surface area (Å²) in [4.78, 5) is 23.8. The van der Waals surface area contributed by atoms with Gasteiger partial charge in [0.25, 0.3) is 11.8 Å². The number of carbonyl (C=O) groups excluding carboxylic acids is 2. The maximum atomic E-state index is 12.0. The summed E-state index contributed by atoms with van der Waals surface area (Å²) in [6, 6.07) is 12.0. The Hall–Kier alpha value is -3.55. The second kappa shape index (κ2) is 8.02. The van der Waals surface area contributed by atoms with Gasteiger partial charge in [-0.1, -0.05) is 6.07 Å². The number of nitrogens with zero attached hydrogens (tertiary/aromatic N) is 1. The van der Waals surface area contributed by atoms with E-state index in [2.05, 4.69) is 15.8 Å². The van der Waals surface area contributed by atoms with Crippen LogP contribution < -0.4 is 25.0 Å². The highest BCUT2D eigenvalue weighted by Crippen LogP contribution is 2.31. The first-order valence-corrected chi connectivity index (χ1v) is 7.79. The van der Waals surface area contributed by atoms with E-state index < -0.39 is 5.91 Å². The minimum Gasteiger partial charge on any atom is -0.497 e. The summed E-state index contributed by atoms with van der Waals surface area (Å²) in [6.45, 7) is -0.00578. The van der Waals surface area contributed by atoms with Crippen molar-refractivity contribution in [1.82, 2.24) is 10.7 Å². The Bertz CT molecular complexity index is 850. The van der Waals surface area contributed by atoms with Gasteiger partial charge in [-0.05, 0) is 42.0 Å². The molecule has 2 amide bonds. The Balaban J connectivity index is 1.47. The second-order valence-electron chi connectivity index (χ2n) is 5.32. The molecule has 2 aromatic rings. The van der Waals surface area contributed by atoms with Crippen molar-refractivity contribution in [2.75, 3.05) is 20.4 Å². The summed E-state index contributed by atoms with van der Waals surface area (Å²) >= 11 is 0. The largest absolute Gasteiger partial charge is 0.497 e. The maximum Gasteiger partial charge on any atom is 0.259 e. The zero-order valence-corrected chi connectivity index (χ0v) is 14.0. The lowest BCUT2D eigenvalue weighted by molar-refractivity contribution is -0.120. The van der Waals surface area contributed by atoms with Crippen molar-refractivity contribution in [2.45, 2.75) is 0 Å². The molecule has 0 aromatic heterocycles. The lowest BCUT2D eigenvalue weighted by Crippen LogP contribution is -2.34. The zero-order chi connectivity index (χ0) is 18.4. The molecule has 8 heteroatoms. The summed E-state index contributed by atoms with van der Waals surface area (Å²) in [5, 5.41) is 6.37. The van der Waals surface area contributed by atoms with E-state index in [4.69, 9.17) is 14.2 Å². The molecule has 0 atom stereocenters. The van der Waals surface area contributed by atoms with Crippen molar-refractivity contribution in [2.24, 2.45) is 5.10 Å². The molecule has 8 nitrogen and oxygen atoms in total. The lowest BCUT2D eigenvalue weighted by atomic mass is 10.2. The Morgan fingerprint density at radius 1 is 1.19 bits per heavy atom. The normalized spacial score (nSPS) is 12.0. The van der Waals surface area contributed by atoms with Crippen LogP contribution in [0.15, 0.2) is 47.6 Å². The van der Waals surface area contributed by atoms with E-state index in [-0.39, 0.29) is 19.2 Å². The molecule has 26 heavy (non-hydrogen) atoms. The van der Waals surface area contributed by atoms with Crippen molar-refractivity contribution in [1.29, 1.82) is 0 Å². The van der Waals surface area contributed by atoms with Crippen molar-refractivity contribution in [3.8, 4) is 17.2 Å². The topological polar surface area (TPSA) is 98.2 Å². The summed E-state index contributed by atoms with van der Waals surface area (Å²) < 4.78 is 15.5. The molecule has 2 aromatic carbocycles. The molecule has 0 unspecified atom stereocenters. The molecule has 1 heterocycles. The molecule has 0 bridgehead atoms. The van der Waals surface area contributed by atoms with E-state index >= 15 is 0 Å². The molecule has 0 saturated heterocycles. The summed E-state index contributed by atoms with van der Waals surface area (Å²) in [7, 11) is 1.52. The van der Waals surface area contributed by atoms with Crippen LogP contribution in [0.5, 0.6) is 17.2 Å². The Morgan fingerprint density at radius 3 is 2.88 bits per heavy atom. The van der Waals surface area contributed by atoms with Gasteiger partial charge in [0.1, 0.15) is 5.75 Å². The summed E-state index contributed by atoms with van der Waals surface area (Å²) in [5.41, 5.74) is 3.50. The molecule has 0 spiro atoms. The number of methoxy groups -OCH3 is 1. The number of hydrogen-bond donors (Lipinski definition) is 2. The molecule has 134 valence electrons. The molecular weight excluding hydrogens is 338 g/mol. The van der Waals surface area contributed by atoms with E-state index in [0.717, 1.165) is 5.56 Å². The van der Waals surface area contributed by atoms with Gasteiger partial charge in [0.2, 0.25) is 6.79 Å². The van der Waals surface area contributed by atoms with E-state index in [9.17, 15) is 9.59 Å². The predicted molar refractivity (Wildman–Crippen MR) is 93.6 cm³/mol. The summed E-state index contributed by atoms with van der Waals surface area (Å²) in [5.74, 6) is 1.05. The van der Waals surface area contributed by atoms with Crippen LogP contribution >= 0.6 is 0 Å². The number of carbonyl (C=O) groups is 2. The van der Waals surface area contributed by atoms with Crippen LogP contribution in [0.2, 0.25) is 0 Å². The molecule has 0 aliphatic carbocycles. The van der Waals surface area contributed by atoms with Gasteiger partial charge in [-0.25, -0.2) is 5.43 Å². The van der Waals surface area contributed by atoms with Gasteiger partial charge < -0.3 is 19.5 Å². The lowest BCUT2D eigenvalue weighted by Gasteiger charge is -2.06. The van der Waals surface area contributed by atoms with E-state index in [1.54, 1.807) is 42.5 Å². The number of hydrazone groups is 1. The fraction of sp³-hybridized carbons (Fsp3) is 0.167. The van der Waals surface area contributed by atoms with Crippen LogP contribution in [0.4, 0.5) is 0 Å². The molecule has 0 saturated carbocycles. The first-order chi connectivity index (χ1) is 12.7. The van der Waals surface area contributed by atoms with Crippen LogP contribution in [0.3, 0.4) is 0 Å². The Kier molecular flexibility index (Phi) is 5.33. The van der Waals surface area contributed by atoms with Crippen molar-refractivity contribution in [3.63, 3.8) is 0 Å². The molecule has 2 N–H and O–H groups in total. The van der Waals surface area contributed by atoms with E-state index in [1.165, 1.54) is 13.3 Å². The highest BCUT2D eigenvalue weighted by molar-refractivity contribution is 5.96. The molecule has 3 rings (SSSR count). The monoisotopic (exact) mass is 355 g/mol. The van der Waals surface area contributed by atoms with Gasteiger partial charge in [0, 0.05) is 5.56 Å². The number of nitrogens with one attached hydrogen (secondary N) is 2. The fourth-order valence-electron chi connectivity index (χ4n) is 2.24. The fourth-order valence-corrected chi connectivity index (χ4v) is 2.24. The Morgan fingerprint density at radius 2 is 2.04 bits per heavy atom. The van der Waals surface area contributed by atoms with Crippen LogP contribution in [-0.4, -0.2) is 38.5 Å². The van der Waals surface area contributed by atoms with Gasteiger partial charge in [-0.3, -0.25) is 9.59 Å². The highest BCUT2D eigenvalue weighted by Gasteiger charge is 2.12. The number of fused-ring (bicyclic) bond motifs is 1. The van der Waals surface area contributed by atoms with Crippen molar-refractivity contribution < 1.29 is 23.8 Å². The minimum atomic E-state index is -0.446.